The molecule has 0 saturated carbocycles. The fraction of sp³-hybridized carbons (Fsp3) is 0.389. The van der Waals surface area contributed by atoms with E-state index in [1.165, 1.54) is 12.1 Å². The van der Waals surface area contributed by atoms with Gasteiger partial charge >= 0.3 is 0 Å². The fourth-order valence-electron chi connectivity index (χ4n) is 3.28. The summed E-state index contributed by atoms with van der Waals surface area (Å²) in [7, 11) is 0. The SMILES string of the molecule is Cc1noc([C@@H]2CCCN(Cn3ccc(-c4ccc(F)cc4)n3)C2)n1. The molecule has 1 fully saturated rings. The standard InChI is InChI=1S/C18H20FN5O/c1-13-20-18(25-22-13)15-3-2-9-23(11-15)12-24-10-8-17(21-24)14-4-6-16(19)7-5-14/h4-8,10,15H,2-3,9,11-12H2,1H3/t15-/m1/s1. The zero-order valence-corrected chi connectivity index (χ0v) is 14.1. The summed E-state index contributed by atoms with van der Waals surface area (Å²) in [5.74, 6) is 1.46. The van der Waals surface area contributed by atoms with Crippen LogP contribution in [0.25, 0.3) is 11.3 Å². The number of aryl methyl sites for hydroxylation is 1. The zero-order chi connectivity index (χ0) is 17.2. The van der Waals surface area contributed by atoms with Crippen molar-refractivity contribution in [3.05, 3.63) is 54.1 Å². The second kappa shape index (κ2) is 6.76. The second-order valence-corrected chi connectivity index (χ2v) is 6.48. The minimum absolute atomic E-state index is 0.237. The molecule has 2 aromatic heterocycles. The van der Waals surface area contributed by atoms with Crippen LogP contribution in [0.2, 0.25) is 0 Å². The van der Waals surface area contributed by atoms with Crippen LogP contribution < -0.4 is 0 Å². The molecule has 1 aromatic carbocycles. The van der Waals surface area contributed by atoms with Crippen molar-refractivity contribution in [2.45, 2.75) is 32.4 Å². The van der Waals surface area contributed by atoms with Gasteiger partial charge in [0.15, 0.2) is 5.82 Å². The van der Waals surface area contributed by atoms with Gasteiger partial charge in [0.2, 0.25) is 5.89 Å². The highest BCUT2D eigenvalue weighted by Crippen LogP contribution is 2.26. The zero-order valence-electron chi connectivity index (χ0n) is 14.1. The number of nitrogens with zero attached hydrogens (tertiary/aromatic N) is 5. The molecule has 25 heavy (non-hydrogen) atoms. The van der Waals surface area contributed by atoms with Gasteiger partial charge in [0.1, 0.15) is 5.82 Å². The summed E-state index contributed by atoms with van der Waals surface area (Å²) in [5.41, 5.74) is 1.76. The molecule has 0 unspecified atom stereocenters. The number of benzene rings is 1. The summed E-state index contributed by atoms with van der Waals surface area (Å²) in [5, 5.41) is 8.50. The van der Waals surface area contributed by atoms with Crippen molar-refractivity contribution in [3.8, 4) is 11.3 Å². The molecule has 0 spiro atoms. The average molecular weight is 341 g/mol. The number of halogens is 1. The summed E-state index contributed by atoms with van der Waals surface area (Å²) < 4.78 is 20.3. The summed E-state index contributed by atoms with van der Waals surface area (Å²) in [6.45, 7) is 4.46. The quantitative estimate of drug-likeness (QED) is 0.729. The van der Waals surface area contributed by atoms with Crippen LogP contribution >= 0.6 is 0 Å². The first-order chi connectivity index (χ1) is 12.2. The molecular weight excluding hydrogens is 321 g/mol. The highest BCUT2D eigenvalue weighted by Gasteiger charge is 2.25. The van der Waals surface area contributed by atoms with E-state index < -0.39 is 0 Å². The van der Waals surface area contributed by atoms with Crippen LogP contribution in [-0.2, 0) is 6.67 Å². The number of rotatable bonds is 4. The predicted octanol–water partition coefficient (Wildman–Crippen LogP) is 3.22. The first kappa shape index (κ1) is 16.0. The summed E-state index contributed by atoms with van der Waals surface area (Å²) in [6, 6.07) is 8.36. The number of hydrogen-bond donors (Lipinski definition) is 0. The Labute approximate surface area is 145 Å². The molecule has 6 nitrogen and oxygen atoms in total. The summed E-state index contributed by atoms with van der Waals surface area (Å²) in [6.07, 6.45) is 4.12. The maximum absolute atomic E-state index is 13.0. The topological polar surface area (TPSA) is 60.0 Å². The Bertz CT molecular complexity index is 841. The first-order valence-corrected chi connectivity index (χ1v) is 8.49. The maximum atomic E-state index is 13.0. The molecule has 7 heteroatoms. The van der Waals surface area contributed by atoms with Gasteiger partial charge in [0.05, 0.1) is 18.3 Å². The molecule has 130 valence electrons. The molecule has 0 amide bonds. The van der Waals surface area contributed by atoms with E-state index in [4.69, 9.17) is 4.52 Å². The first-order valence-electron chi connectivity index (χ1n) is 8.49. The van der Waals surface area contributed by atoms with Crippen LogP contribution in [0.5, 0.6) is 0 Å². The molecule has 1 saturated heterocycles. The Morgan fingerprint density at radius 2 is 2.08 bits per heavy atom. The van der Waals surface area contributed by atoms with E-state index in [9.17, 15) is 4.39 Å². The Morgan fingerprint density at radius 1 is 1.24 bits per heavy atom. The molecule has 3 aromatic rings. The van der Waals surface area contributed by atoms with Crippen molar-refractivity contribution in [2.75, 3.05) is 13.1 Å². The molecule has 0 radical (unpaired) electrons. The van der Waals surface area contributed by atoms with E-state index in [2.05, 4.69) is 20.1 Å². The molecule has 0 N–H and O–H groups in total. The van der Waals surface area contributed by atoms with E-state index in [1.807, 2.05) is 23.9 Å². The largest absolute Gasteiger partial charge is 0.339 e. The van der Waals surface area contributed by atoms with E-state index in [0.717, 1.165) is 43.1 Å². The third-order valence-electron chi connectivity index (χ3n) is 4.52. The van der Waals surface area contributed by atoms with Crippen molar-refractivity contribution in [1.82, 2.24) is 24.8 Å². The van der Waals surface area contributed by atoms with Gasteiger partial charge in [0, 0.05) is 18.3 Å². The van der Waals surface area contributed by atoms with E-state index in [0.29, 0.717) is 12.5 Å². The van der Waals surface area contributed by atoms with Crippen LogP contribution in [0, 0.1) is 12.7 Å². The van der Waals surface area contributed by atoms with Gasteiger partial charge in [-0.25, -0.2) is 4.39 Å². The molecular formula is C18H20FN5O. The monoisotopic (exact) mass is 341 g/mol. The van der Waals surface area contributed by atoms with E-state index in [-0.39, 0.29) is 11.7 Å². The Morgan fingerprint density at radius 3 is 2.84 bits per heavy atom. The molecule has 1 aliphatic rings. The lowest BCUT2D eigenvalue weighted by molar-refractivity contribution is 0.144. The predicted molar refractivity (Wildman–Crippen MR) is 90.2 cm³/mol. The minimum atomic E-state index is -0.237. The highest BCUT2D eigenvalue weighted by atomic mass is 19.1. The smallest absolute Gasteiger partial charge is 0.231 e. The Hall–Kier alpha value is -2.54. The highest BCUT2D eigenvalue weighted by molar-refractivity contribution is 5.58. The molecule has 1 atom stereocenters. The van der Waals surface area contributed by atoms with Gasteiger partial charge in [-0.15, -0.1) is 0 Å². The van der Waals surface area contributed by atoms with Crippen LogP contribution in [0.4, 0.5) is 4.39 Å². The minimum Gasteiger partial charge on any atom is -0.339 e. The van der Waals surface area contributed by atoms with Crippen molar-refractivity contribution < 1.29 is 8.91 Å². The third kappa shape index (κ3) is 3.61. The van der Waals surface area contributed by atoms with Crippen molar-refractivity contribution in [3.63, 3.8) is 0 Å². The van der Waals surface area contributed by atoms with E-state index in [1.54, 1.807) is 12.1 Å². The van der Waals surface area contributed by atoms with Crippen molar-refractivity contribution in [1.29, 1.82) is 0 Å². The lowest BCUT2D eigenvalue weighted by Crippen LogP contribution is -2.36. The normalized spacial score (nSPS) is 18.6. The van der Waals surface area contributed by atoms with Gasteiger partial charge in [-0.05, 0) is 56.6 Å². The van der Waals surface area contributed by atoms with Crippen molar-refractivity contribution in [2.24, 2.45) is 0 Å². The lowest BCUT2D eigenvalue weighted by Gasteiger charge is -2.30. The fourth-order valence-corrected chi connectivity index (χ4v) is 3.28. The average Bonchev–Trinajstić information content (AvgIpc) is 3.25. The van der Waals surface area contributed by atoms with Gasteiger partial charge in [0.25, 0.3) is 0 Å². The van der Waals surface area contributed by atoms with Gasteiger partial charge in [-0.1, -0.05) is 5.16 Å². The molecule has 3 heterocycles. The second-order valence-electron chi connectivity index (χ2n) is 6.48. The number of likely N-dealkylation sites (tertiary alicyclic amines) is 1. The van der Waals surface area contributed by atoms with Crippen molar-refractivity contribution >= 4 is 0 Å². The third-order valence-corrected chi connectivity index (χ3v) is 4.52. The molecule has 1 aliphatic heterocycles. The number of piperidine rings is 1. The summed E-state index contributed by atoms with van der Waals surface area (Å²) >= 11 is 0. The number of hydrogen-bond acceptors (Lipinski definition) is 5. The van der Waals surface area contributed by atoms with Crippen LogP contribution in [0.1, 0.15) is 30.5 Å². The van der Waals surface area contributed by atoms with Gasteiger partial charge < -0.3 is 4.52 Å². The molecule has 0 aliphatic carbocycles. The number of aromatic nitrogens is 4. The van der Waals surface area contributed by atoms with Gasteiger partial charge in [-0.3, -0.25) is 9.58 Å². The molecule has 0 bridgehead atoms. The van der Waals surface area contributed by atoms with Crippen LogP contribution in [0.3, 0.4) is 0 Å². The summed E-state index contributed by atoms with van der Waals surface area (Å²) in [4.78, 5) is 6.71. The Kier molecular flexibility index (Phi) is 4.31. The molecule has 4 rings (SSSR count). The van der Waals surface area contributed by atoms with Gasteiger partial charge in [-0.2, -0.15) is 10.1 Å². The van der Waals surface area contributed by atoms with E-state index >= 15 is 0 Å². The van der Waals surface area contributed by atoms with Crippen LogP contribution in [-0.4, -0.2) is 37.9 Å². The maximum Gasteiger partial charge on any atom is 0.231 e. The van der Waals surface area contributed by atoms with Crippen LogP contribution in [0.15, 0.2) is 41.1 Å². The lowest BCUT2D eigenvalue weighted by atomic mass is 9.98. The Balaban J connectivity index is 1.42.